The average molecular weight is 312 g/mol. The lowest BCUT2D eigenvalue weighted by molar-refractivity contribution is -0.156. The Hall–Kier alpha value is -2.95. The maximum absolute atomic E-state index is 12.3. The molecule has 0 aliphatic carbocycles. The molecule has 1 unspecified atom stereocenters. The summed E-state index contributed by atoms with van der Waals surface area (Å²) in [6, 6.07) is 16.3. The number of ketones is 1. The molecular weight excluding hydrogens is 296 g/mol. The number of carboxylic acids is 2. The standard InChI is InChI=1S/C18H16O5/c1-11(15(17(20)21)18(22)23)16(19)14-9-7-13(8-10-14)12-5-3-2-4-6-12/h2-11,15H,1H3,(H,20,21)(H,22,23). The third-order valence-electron chi connectivity index (χ3n) is 3.72. The second kappa shape index (κ2) is 6.87. The van der Waals surface area contributed by atoms with Crippen molar-refractivity contribution in [2.45, 2.75) is 6.92 Å². The third-order valence-corrected chi connectivity index (χ3v) is 3.72. The largest absolute Gasteiger partial charge is 0.481 e. The fraction of sp³-hybridized carbons (Fsp3) is 0.167. The van der Waals surface area contributed by atoms with E-state index in [0.717, 1.165) is 11.1 Å². The van der Waals surface area contributed by atoms with Crippen LogP contribution < -0.4 is 0 Å². The number of benzene rings is 2. The van der Waals surface area contributed by atoms with Gasteiger partial charge in [0, 0.05) is 11.5 Å². The highest BCUT2D eigenvalue weighted by Gasteiger charge is 2.36. The summed E-state index contributed by atoms with van der Waals surface area (Å²) < 4.78 is 0. The van der Waals surface area contributed by atoms with E-state index in [1.807, 2.05) is 30.3 Å². The molecule has 1 atom stereocenters. The van der Waals surface area contributed by atoms with Crippen molar-refractivity contribution in [2.24, 2.45) is 11.8 Å². The molecule has 0 aromatic heterocycles. The molecule has 0 spiro atoms. The van der Waals surface area contributed by atoms with E-state index in [9.17, 15) is 14.4 Å². The Bertz CT molecular complexity index is 705. The molecule has 0 heterocycles. The van der Waals surface area contributed by atoms with E-state index < -0.39 is 29.6 Å². The van der Waals surface area contributed by atoms with Gasteiger partial charge in [0.25, 0.3) is 0 Å². The average Bonchev–Trinajstić information content (AvgIpc) is 2.54. The van der Waals surface area contributed by atoms with Crippen molar-refractivity contribution >= 4 is 17.7 Å². The Morgan fingerprint density at radius 2 is 1.26 bits per heavy atom. The van der Waals surface area contributed by atoms with Crippen molar-refractivity contribution < 1.29 is 24.6 Å². The fourth-order valence-corrected chi connectivity index (χ4v) is 2.41. The normalized spacial score (nSPS) is 11.9. The molecule has 2 N–H and O–H groups in total. The summed E-state index contributed by atoms with van der Waals surface area (Å²) in [6.07, 6.45) is 0. The predicted molar refractivity (Wildman–Crippen MR) is 84.1 cm³/mol. The van der Waals surface area contributed by atoms with Crippen LogP contribution in [0.5, 0.6) is 0 Å². The van der Waals surface area contributed by atoms with Crippen molar-refractivity contribution in [2.75, 3.05) is 0 Å². The summed E-state index contributed by atoms with van der Waals surface area (Å²) in [5, 5.41) is 17.9. The highest BCUT2D eigenvalue weighted by molar-refractivity contribution is 6.05. The van der Waals surface area contributed by atoms with Crippen molar-refractivity contribution in [3.63, 3.8) is 0 Å². The molecule has 0 aliphatic rings. The lowest BCUT2D eigenvalue weighted by Crippen LogP contribution is -2.34. The van der Waals surface area contributed by atoms with Crippen LogP contribution in [0.1, 0.15) is 17.3 Å². The summed E-state index contributed by atoms with van der Waals surface area (Å²) in [4.78, 5) is 34.4. The number of aliphatic carboxylic acids is 2. The van der Waals surface area contributed by atoms with E-state index in [0.29, 0.717) is 5.56 Å². The van der Waals surface area contributed by atoms with Gasteiger partial charge in [-0.3, -0.25) is 14.4 Å². The lowest BCUT2D eigenvalue weighted by atomic mass is 9.87. The second-order valence-corrected chi connectivity index (χ2v) is 5.25. The molecule has 2 aromatic carbocycles. The van der Waals surface area contributed by atoms with Crippen molar-refractivity contribution in [1.82, 2.24) is 0 Å². The molecule has 5 nitrogen and oxygen atoms in total. The first-order chi connectivity index (χ1) is 10.9. The van der Waals surface area contributed by atoms with Crippen LogP contribution in [-0.2, 0) is 9.59 Å². The molecule has 0 fully saturated rings. The highest BCUT2D eigenvalue weighted by atomic mass is 16.4. The zero-order valence-electron chi connectivity index (χ0n) is 12.5. The van der Waals surface area contributed by atoms with Crippen molar-refractivity contribution in [1.29, 1.82) is 0 Å². The van der Waals surface area contributed by atoms with Gasteiger partial charge in [0.1, 0.15) is 0 Å². The van der Waals surface area contributed by atoms with Crippen LogP contribution in [0.3, 0.4) is 0 Å². The Morgan fingerprint density at radius 3 is 1.74 bits per heavy atom. The summed E-state index contributed by atoms with van der Waals surface area (Å²) in [7, 11) is 0. The molecule has 118 valence electrons. The number of hydrogen-bond donors (Lipinski definition) is 2. The fourth-order valence-electron chi connectivity index (χ4n) is 2.41. The summed E-state index contributed by atoms with van der Waals surface area (Å²) in [5.74, 6) is -6.43. The molecule has 23 heavy (non-hydrogen) atoms. The smallest absolute Gasteiger partial charge is 0.318 e. The van der Waals surface area contributed by atoms with Gasteiger partial charge in [0.05, 0.1) is 0 Å². The van der Waals surface area contributed by atoms with Gasteiger partial charge in [-0.1, -0.05) is 61.5 Å². The van der Waals surface area contributed by atoms with Gasteiger partial charge in [0.15, 0.2) is 11.7 Å². The van der Waals surface area contributed by atoms with Crippen LogP contribution in [0.2, 0.25) is 0 Å². The molecule has 0 saturated carbocycles. The first kappa shape index (κ1) is 16.4. The summed E-state index contributed by atoms with van der Waals surface area (Å²) >= 11 is 0. The van der Waals surface area contributed by atoms with Gasteiger partial charge in [-0.25, -0.2) is 0 Å². The SMILES string of the molecule is CC(C(=O)c1ccc(-c2ccccc2)cc1)C(C(=O)O)C(=O)O. The number of carbonyl (C=O) groups is 3. The van der Waals surface area contributed by atoms with Crippen LogP contribution in [0.15, 0.2) is 54.6 Å². The molecule has 0 saturated heterocycles. The minimum absolute atomic E-state index is 0.296. The van der Waals surface area contributed by atoms with Gasteiger partial charge in [-0.05, 0) is 11.1 Å². The first-order valence-electron chi connectivity index (χ1n) is 7.07. The molecule has 2 rings (SSSR count). The predicted octanol–water partition coefficient (Wildman–Crippen LogP) is 2.96. The minimum Gasteiger partial charge on any atom is -0.481 e. The van der Waals surface area contributed by atoms with E-state index in [1.54, 1.807) is 24.3 Å². The molecule has 2 aromatic rings. The molecular formula is C18H16O5. The Labute approximate surface area is 133 Å². The number of rotatable bonds is 6. The van der Waals surface area contributed by atoms with Gasteiger partial charge in [-0.2, -0.15) is 0 Å². The number of carboxylic acid groups (broad SMARTS) is 2. The number of Topliss-reactive ketones (excluding diaryl/α,β-unsaturated/α-hetero) is 1. The molecule has 0 bridgehead atoms. The Kier molecular flexibility index (Phi) is 4.91. The van der Waals surface area contributed by atoms with Crippen molar-refractivity contribution in [3.8, 4) is 11.1 Å². The van der Waals surface area contributed by atoms with E-state index in [1.165, 1.54) is 6.92 Å². The van der Waals surface area contributed by atoms with Crippen LogP contribution >= 0.6 is 0 Å². The maximum Gasteiger partial charge on any atom is 0.318 e. The minimum atomic E-state index is -1.75. The van der Waals surface area contributed by atoms with E-state index in [4.69, 9.17) is 10.2 Å². The summed E-state index contributed by atoms with van der Waals surface area (Å²) in [6.45, 7) is 1.32. The Morgan fingerprint density at radius 1 is 0.783 bits per heavy atom. The number of hydrogen-bond acceptors (Lipinski definition) is 3. The van der Waals surface area contributed by atoms with Gasteiger partial charge >= 0.3 is 11.9 Å². The molecule has 5 heteroatoms. The van der Waals surface area contributed by atoms with E-state index in [-0.39, 0.29) is 0 Å². The van der Waals surface area contributed by atoms with Crippen molar-refractivity contribution in [3.05, 3.63) is 60.2 Å². The van der Waals surface area contributed by atoms with Gasteiger partial charge in [-0.15, -0.1) is 0 Å². The third kappa shape index (κ3) is 3.63. The Balaban J connectivity index is 2.23. The second-order valence-electron chi connectivity index (χ2n) is 5.25. The van der Waals surface area contributed by atoms with Gasteiger partial charge < -0.3 is 10.2 Å². The zero-order chi connectivity index (χ0) is 17.0. The van der Waals surface area contributed by atoms with E-state index in [2.05, 4.69) is 0 Å². The topological polar surface area (TPSA) is 91.7 Å². The zero-order valence-corrected chi connectivity index (χ0v) is 12.5. The van der Waals surface area contributed by atoms with Crippen LogP contribution in [0.25, 0.3) is 11.1 Å². The maximum atomic E-state index is 12.3. The van der Waals surface area contributed by atoms with Crippen LogP contribution in [0, 0.1) is 11.8 Å². The van der Waals surface area contributed by atoms with Crippen LogP contribution in [0.4, 0.5) is 0 Å². The van der Waals surface area contributed by atoms with E-state index >= 15 is 0 Å². The molecule has 0 aliphatic heterocycles. The quantitative estimate of drug-likeness (QED) is 0.632. The lowest BCUT2D eigenvalue weighted by Gasteiger charge is -2.15. The summed E-state index contributed by atoms with van der Waals surface area (Å²) in [5.41, 5.74) is 2.21. The highest BCUT2D eigenvalue weighted by Crippen LogP contribution is 2.22. The first-order valence-corrected chi connectivity index (χ1v) is 7.07. The molecule has 0 radical (unpaired) electrons. The van der Waals surface area contributed by atoms with Crippen LogP contribution in [-0.4, -0.2) is 27.9 Å². The monoisotopic (exact) mass is 312 g/mol. The number of carbonyl (C=O) groups excluding carboxylic acids is 1. The van der Waals surface area contributed by atoms with Gasteiger partial charge in [0.2, 0.25) is 0 Å². The molecule has 0 amide bonds.